The van der Waals surface area contributed by atoms with Gasteiger partial charge in [0.05, 0.1) is 5.56 Å². The first-order valence-corrected chi connectivity index (χ1v) is 6.89. The molecule has 0 bridgehead atoms. The Morgan fingerprint density at radius 2 is 1.54 bits per heavy atom. The van der Waals surface area contributed by atoms with Crippen LogP contribution in [-0.4, -0.2) is 22.6 Å². The van der Waals surface area contributed by atoms with Crippen molar-refractivity contribution in [2.75, 3.05) is 0 Å². The molecule has 0 fully saturated rings. The van der Waals surface area contributed by atoms with Crippen LogP contribution in [0.4, 0.5) is 13.2 Å². The summed E-state index contributed by atoms with van der Waals surface area (Å²) in [6.45, 7) is 4.00. The van der Waals surface area contributed by atoms with E-state index in [1.54, 1.807) is 0 Å². The standard InChI is InChI=1S/C14H5F3O5.C2H6/c15-14(16,17)12-8(13(20)21)7-9(18)5-3-1-2-4-6(5)10(19)11(7)22-12;1-2/h1-4H,(H,20,21);1-2H3. The lowest BCUT2D eigenvalue weighted by Crippen LogP contribution is -2.21. The van der Waals surface area contributed by atoms with Gasteiger partial charge >= 0.3 is 12.1 Å². The molecule has 2 aromatic rings. The molecule has 1 aromatic heterocycles. The highest BCUT2D eigenvalue weighted by Gasteiger charge is 2.47. The fourth-order valence-corrected chi connectivity index (χ4v) is 2.35. The molecule has 0 unspecified atom stereocenters. The zero-order valence-corrected chi connectivity index (χ0v) is 12.5. The Kier molecular flexibility index (Phi) is 4.33. The molecule has 0 saturated carbocycles. The van der Waals surface area contributed by atoms with Crippen molar-refractivity contribution in [3.05, 3.63) is 58.0 Å². The van der Waals surface area contributed by atoms with Crippen molar-refractivity contribution in [3.63, 3.8) is 0 Å². The molecule has 0 aliphatic heterocycles. The molecule has 0 radical (unpaired) electrons. The highest BCUT2D eigenvalue weighted by atomic mass is 19.4. The van der Waals surface area contributed by atoms with Gasteiger partial charge in [-0.3, -0.25) is 9.59 Å². The summed E-state index contributed by atoms with van der Waals surface area (Å²) in [6, 6.07) is 5.35. The van der Waals surface area contributed by atoms with Crippen LogP contribution in [0.5, 0.6) is 0 Å². The summed E-state index contributed by atoms with van der Waals surface area (Å²) >= 11 is 0. The minimum atomic E-state index is -5.14. The molecule has 1 aliphatic carbocycles. The van der Waals surface area contributed by atoms with E-state index in [1.807, 2.05) is 13.8 Å². The Labute approximate surface area is 133 Å². The normalized spacial score (nSPS) is 12.9. The second kappa shape index (κ2) is 5.95. The monoisotopic (exact) mass is 340 g/mol. The van der Waals surface area contributed by atoms with Gasteiger partial charge in [0, 0.05) is 11.1 Å². The molecule has 0 amide bonds. The molecule has 3 rings (SSSR count). The van der Waals surface area contributed by atoms with Crippen molar-refractivity contribution in [1.29, 1.82) is 0 Å². The molecule has 1 heterocycles. The highest BCUT2D eigenvalue weighted by Crippen LogP contribution is 2.40. The Balaban J connectivity index is 0.00000100. The average molecular weight is 340 g/mol. The number of carbonyl (C=O) groups is 3. The van der Waals surface area contributed by atoms with Gasteiger partial charge in [0.1, 0.15) is 5.56 Å². The van der Waals surface area contributed by atoms with E-state index < -0.39 is 46.4 Å². The highest BCUT2D eigenvalue weighted by molar-refractivity contribution is 6.29. The van der Waals surface area contributed by atoms with Gasteiger partial charge in [0.25, 0.3) is 0 Å². The minimum absolute atomic E-state index is 0.126. The van der Waals surface area contributed by atoms with Crippen LogP contribution in [0.1, 0.15) is 62.0 Å². The van der Waals surface area contributed by atoms with Crippen LogP contribution in [0.15, 0.2) is 28.7 Å². The first kappa shape index (κ1) is 17.5. The summed E-state index contributed by atoms with van der Waals surface area (Å²) in [6.07, 6.45) is -5.14. The molecule has 24 heavy (non-hydrogen) atoms. The Hall–Kier alpha value is -2.90. The number of hydrogen-bond acceptors (Lipinski definition) is 4. The number of carboxylic acids is 1. The molecule has 1 aromatic carbocycles. The number of aromatic carboxylic acids is 1. The summed E-state index contributed by atoms with van der Waals surface area (Å²) < 4.78 is 43.1. The number of rotatable bonds is 1. The smallest absolute Gasteiger partial charge is 0.450 e. The second-order valence-corrected chi connectivity index (χ2v) is 4.52. The molecule has 0 saturated heterocycles. The van der Waals surface area contributed by atoms with Crippen molar-refractivity contribution in [3.8, 4) is 0 Å². The molecule has 1 aliphatic rings. The van der Waals surface area contributed by atoms with Crippen LogP contribution < -0.4 is 0 Å². The lowest BCUT2D eigenvalue weighted by Gasteiger charge is -2.12. The van der Waals surface area contributed by atoms with Gasteiger partial charge in [-0.1, -0.05) is 38.1 Å². The van der Waals surface area contributed by atoms with Gasteiger partial charge in [0.15, 0.2) is 11.5 Å². The van der Waals surface area contributed by atoms with E-state index in [4.69, 9.17) is 5.11 Å². The van der Waals surface area contributed by atoms with Crippen molar-refractivity contribution in [1.82, 2.24) is 0 Å². The second-order valence-electron chi connectivity index (χ2n) is 4.52. The fourth-order valence-electron chi connectivity index (χ4n) is 2.35. The van der Waals surface area contributed by atoms with E-state index >= 15 is 0 Å². The van der Waals surface area contributed by atoms with Crippen molar-refractivity contribution in [2.45, 2.75) is 20.0 Å². The van der Waals surface area contributed by atoms with Crippen molar-refractivity contribution >= 4 is 17.5 Å². The summed E-state index contributed by atoms with van der Waals surface area (Å²) in [5.41, 5.74) is -2.48. The quantitative estimate of drug-likeness (QED) is 0.728. The van der Waals surface area contributed by atoms with Gasteiger partial charge in [-0.2, -0.15) is 13.2 Å². The molecular weight excluding hydrogens is 329 g/mol. The summed E-state index contributed by atoms with van der Waals surface area (Å²) in [4.78, 5) is 35.6. The molecule has 0 spiro atoms. The number of halogens is 3. The lowest BCUT2D eigenvalue weighted by molar-refractivity contribution is -0.153. The van der Waals surface area contributed by atoms with Crippen LogP contribution in [0.2, 0.25) is 0 Å². The molecule has 0 atom stereocenters. The zero-order chi connectivity index (χ0) is 18.2. The SMILES string of the molecule is CC.O=C1c2ccccc2C(=O)c2c1oc(C(F)(F)F)c2C(=O)O. The molecule has 126 valence electrons. The van der Waals surface area contributed by atoms with E-state index in [-0.39, 0.29) is 11.1 Å². The Bertz CT molecular complexity index is 846. The van der Waals surface area contributed by atoms with Crippen LogP contribution in [0.3, 0.4) is 0 Å². The third-order valence-corrected chi connectivity index (χ3v) is 3.23. The van der Waals surface area contributed by atoms with Crippen LogP contribution in [0, 0.1) is 0 Å². The third-order valence-electron chi connectivity index (χ3n) is 3.23. The van der Waals surface area contributed by atoms with E-state index in [9.17, 15) is 27.6 Å². The van der Waals surface area contributed by atoms with Gasteiger partial charge in [-0.05, 0) is 0 Å². The number of ketones is 2. The maximum atomic E-state index is 12.9. The fraction of sp³-hybridized carbons (Fsp3) is 0.188. The first-order chi connectivity index (χ1) is 11.2. The van der Waals surface area contributed by atoms with Gasteiger partial charge in [-0.25, -0.2) is 4.79 Å². The molecule has 1 N–H and O–H groups in total. The average Bonchev–Trinajstić information content (AvgIpc) is 2.96. The van der Waals surface area contributed by atoms with Gasteiger partial charge in [0.2, 0.25) is 11.5 Å². The largest absolute Gasteiger partial charge is 0.478 e. The van der Waals surface area contributed by atoms with Crippen LogP contribution in [-0.2, 0) is 6.18 Å². The van der Waals surface area contributed by atoms with Crippen LogP contribution >= 0.6 is 0 Å². The number of fused-ring (bicyclic) bond motifs is 2. The Morgan fingerprint density at radius 1 is 1.04 bits per heavy atom. The van der Waals surface area contributed by atoms with E-state index in [2.05, 4.69) is 4.42 Å². The summed E-state index contributed by atoms with van der Waals surface area (Å²) in [5.74, 6) is -6.68. The molecular formula is C16H11F3O5. The Morgan fingerprint density at radius 3 is 2.00 bits per heavy atom. The summed E-state index contributed by atoms with van der Waals surface area (Å²) in [7, 11) is 0. The summed E-state index contributed by atoms with van der Waals surface area (Å²) in [5, 5.41) is 9.00. The van der Waals surface area contributed by atoms with Crippen molar-refractivity contribution in [2.24, 2.45) is 0 Å². The maximum Gasteiger partial charge on any atom is 0.450 e. The van der Waals surface area contributed by atoms with E-state index in [1.165, 1.54) is 24.3 Å². The third kappa shape index (κ3) is 2.49. The molecule has 5 nitrogen and oxygen atoms in total. The number of alkyl halides is 3. The maximum absolute atomic E-state index is 12.9. The number of carboxylic acid groups (broad SMARTS) is 1. The van der Waals surface area contributed by atoms with Gasteiger partial charge < -0.3 is 9.52 Å². The predicted molar refractivity (Wildman–Crippen MR) is 75.3 cm³/mol. The molecule has 8 heteroatoms. The van der Waals surface area contributed by atoms with Crippen molar-refractivity contribution < 1.29 is 37.1 Å². The predicted octanol–water partition coefficient (Wildman–Crippen LogP) is 3.80. The van der Waals surface area contributed by atoms with Gasteiger partial charge in [-0.15, -0.1) is 0 Å². The van der Waals surface area contributed by atoms with Crippen LogP contribution in [0.25, 0.3) is 0 Å². The number of furan rings is 1. The number of carbonyl (C=O) groups excluding carboxylic acids is 2. The topological polar surface area (TPSA) is 84.6 Å². The number of benzene rings is 1. The van der Waals surface area contributed by atoms with E-state index in [0.717, 1.165) is 0 Å². The minimum Gasteiger partial charge on any atom is -0.478 e. The zero-order valence-electron chi connectivity index (χ0n) is 12.5. The van der Waals surface area contributed by atoms with E-state index in [0.29, 0.717) is 0 Å². The number of hydrogen-bond donors (Lipinski definition) is 1. The first-order valence-electron chi connectivity index (χ1n) is 6.89. The lowest BCUT2D eigenvalue weighted by atomic mass is 9.86.